The van der Waals surface area contributed by atoms with Gasteiger partial charge in [0, 0.05) is 25.8 Å². The van der Waals surface area contributed by atoms with Gasteiger partial charge in [0.25, 0.3) is 0 Å². The molecule has 1 aliphatic heterocycles. The van der Waals surface area contributed by atoms with Gasteiger partial charge in [-0.3, -0.25) is 14.6 Å². The third-order valence-corrected chi connectivity index (χ3v) is 2.98. The molecule has 0 aliphatic carbocycles. The fourth-order valence-corrected chi connectivity index (χ4v) is 1.94. The Morgan fingerprint density at radius 3 is 3.00 bits per heavy atom. The van der Waals surface area contributed by atoms with E-state index in [0.29, 0.717) is 13.1 Å². The van der Waals surface area contributed by atoms with Crippen molar-refractivity contribution in [1.82, 2.24) is 20.5 Å². The van der Waals surface area contributed by atoms with E-state index >= 15 is 0 Å². The number of hydrogen-bond donors (Lipinski definition) is 2. The van der Waals surface area contributed by atoms with Gasteiger partial charge in [0.1, 0.15) is 0 Å². The van der Waals surface area contributed by atoms with Gasteiger partial charge in [-0.05, 0) is 25.1 Å². The lowest BCUT2D eigenvalue weighted by molar-refractivity contribution is -0.145. The Kier molecular flexibility index (Phi) is 4.85. The van der Waals surface area contributed by atoms with Crippen LogP contribution in [0.3, 0.4) is 0 Å². The number of rotatable bonds is 2. The second kappa shape index (κ2) is 6.84. The molecule has 1 saturated heterocycles. The van der Waals surface area contributed by atoms with Crippen LogP contribution in [0.15, 0.2) is 24.4 Å². The third kappa shape index (κ3) is 4.03. The molecule has 6 nitrogen and oxygen atoms in total. The molecular weight excluding hydrogens is 244 g/mol. The Morgan fingerprint density at radius 2 is 2.21 bits per heavy atom. The zero-order valence-corrected chi connectivity index (χ0v) is 10.8. The van der Waals surface area contributed by atoms with E-state index in [-0.39, 0.29) is 6.54 Å². The van der Waals surface area contributed by atoms with Crippen molar-refractivity contribution in [3.05, 3.63) is 30.1 Å². The number of carbonyl (C=O) groups excluding carboxylic acids is 2. The summed E-state index contributed by atoms with van der Waals surface area (Å²) in [6.07, 6.45) is 2.53. The van der Waals surface area contributed by atoms with Crippen molar-refractivity contribution in [1.29, 1.82) is 0 Å². The summed E-state index contributed by atoms with van der Waals surface area (Å²) in [6.45, 7) is 3.11. The molecule has 0 unspecified atom stereocenters. The number of nitrogens with zero attached hydrogens (tertiary/aromatic N) is 2. The molecule has 19 heavy (non-hydrogen) atoms. The van der Waals surface area contributed by atoms with Crippen molar-refractivity contribution >= 4 is 11.8 Å². The van der Waals surface area contributed by atoms with Crippen LogP contribution in [0.1, 0.15) is 12.1 Å². The van der Waals surface area contributed by atoms with E-state index in [4.69, 9.17) is 0 Å². The van der Waals surface area contributed by atoms with Gasteiger partial charge in [0.05, 0.1) is 12.2 Å². The number of amides is 2. The van der Waals surface area contributed by atoms with Crippen LogP contribution in [-0.4, -0.2) is 47.9 Å². The highest BCUT2D eigenvalue weighted by molar-refractivity contribution is 6.34. The first-order chi connectivity index (χ1) is 9.27. The maximum Gasteiger partial charge on any atom is 0.311 e. The van der Waals surface area contributed by atoms with Crippen LogP contribution in [0.25, 0.3) is 0 Å². The monoisotopic (exact) mass is 262 g/mol. The molecular formula is C13H18N4O2. The molecule has 0 aromatic carbocycles. The summed E-state index contributed by atoms with van der Waals surface area (Å²) in [5, 5.41) is 5.80. The SMILES string of the molecule is O=C(NCc1ccccn1)C(=O)N1CCCNCC1. The first-order valence-electron chi connectivity index (χ1n) is 6.45. The standard InChI is InChI=1S/C13H18N4O2/c18-12(16-10-11-4-1-2-6-15-11)13(19)17-8-3-5-14-7-9-17/h1-2,4,6,14H,3,5,7-10H2,(H,16,18). The maximum atomic E-state index is 11.9. The van der Waals surface area contributed by atoms with Crippen molar-refractivity contribution in [3.63, 3.8) is 0 Å². The number of hydrogen-bond acceptors (Lipinski definition) is 4. The van der Waals surface area contributed by atoms with E-state index in [1.807, 2.05) is 6.07 Å². The molecule has 0 spiro atoms. The Morgan fingerprint density at radius 1 is 1.32 bits per heavy atom. The Hall–Kier alpha value is -1.95. The molecule has 102 valence electrons. The van der Waals surface area contributed by atoms with Gasteiger partial charge in [-0.2, -0.15) is 0 Å². The van der Waals surface area contributed by atoms with Crippen molar-refractivity contribution in [3.8, 4) is 0 Å². The van der Waals surface area contributed by atoms with Gasteiger partial charge < -0.3 is 15.5 Å². The van der Waals surface area contributed by atoms with Gasteiger partial charge in [-0.1, -0.05) is 6.07 Å². The summed E-state index contributed by atoms with van der Waals surface area (Å²) in [4.78, 5) is 29.4. The van der Waals surface area contributed by atoms with Gasteiger partial charge in [0.15, 0.2) is 0 Å². The highest BCUT2D eigenvalue weighted by atomic mass is 16.2. The molecule has 1 aromatic rings. The van der Waals surface area contributed by atoms with Crippen LogP contribution in [0.2, 0.25) is 0 Å². The number of nitrogens with one attached hydrogen (secondary N) is 2. The maximum absolute atomic E-state index is 11.9. The van der Waals surface area contributed by atoms with Gasteiger partial charge in [-0.25, -0.2) is 0 Å². The molecule has 2 N–H and O–H groups in total. The third-order valence-electron chi connectivity index (χ3n) is 2.98. The van der Waals surface area contributed by atoms with Crippen molar-refractivity contribution in [2.45, 2.75) is 13.0 Å². The molecule has 1 aliphatic rings. The van der Waals surface area contributed by atoms with E-state index in [2.05, 4.69) is 15.6 Å². The largest absolute Gasteiger partial charge is 0.342 e. The normalized spacial score (nSPS) is 15.7. The smallest absolute Gasteiger partial charge is 0.311 e. The van der Waals surface area contributed by atoms with E-state index < -0.39 is 11.8 Å². The molecule has 0 radical (unpaired) electrons. The van der Waals surface area contributed by atoms with Crippen molar-refractivity contribution < 1.29 is 9.59 Å². The predicted octanol–water partition coefficient (Wildman–Crippen LogP) is -0.480. The quantitative estimate of drug-likeness (QED) is 0.706. The molecule has 0 bridgehead atoms. The summed E-state index contributed by atoms with van der Waals surface area (Å²) in [5.74, 6) is -1.02. The zero-order valence-electron chi connectivity index (χ0n) is 10.8. The highest BCUT2D eigenvalue weighted by Crippen LogP contribution is 1.97. The minimum Gasteiger partial charge on any atom is -0.342 e. The summed E-state index contributed by atoms with van der Waals surface area (Å²) < 4.78 is 0. The highest BCUT2D eigenvalue weighted by Gasteiger charge is 2.22. The van der Waals surface area contributed by atoms with Crippen LogP contribution >= 0.6 is 0 Å². The summed E-state index contributed by atoms with van der Waals surface area (Å²) in [6, 6.07) is 5.46. The molecule has 1 aromatic heterocycles. The van der Waals surface area contributed by atoms with Gasteiger partial charge >= 0.3 is 11.8 Å². The molecule has 2 rings (SSSR count). The summed E-state index contributed by atoms with van der Waals surface area (Å²) in [7, 11) is 0. The van der Waals surface area contributed by atoms with Crippen LogP contribution < -0.4 is 10.6 Å². The van der Waals surface area contributed by atoms with Crippen LogP contribution in [0.5, 0.6) is 0 Å². The Balaban J connectivity index is 1.83. The first-order valence-corrected chi connectivity index (χ1v) is 6.45. The van der Waals surface area contributed by atoms with Crippen LogP contribution in [0, 0.1) is 0 Å². The van der Waals surface area contributed by atoms with E-state index in [1.54, 1.807) is 23.2 Å². The average Bonchev–Trinajstić information content (AvgIpc) is 2.74. The number of pyridine rings is 1. The zero-order chi connectivity index (χ0) is 13.5. The molecule has 2 amide bonds. The van der Waals surface area contributed by atoms with Gasteiger partial charge in [-0.15, -0.1) is 0 Å². The second-order valence-corrected chi connectivity index (χ2v) is 4.40. The number of carbonyl (C=O) groups is 2. The second-order valence-electron chi connectivity index (χ2n) is 4.40. The topological polar surface area (TPSA) is 74.3 Å². The average molecular weight is 262 g/mol. The predicted molar refractivity (Wildman–Crippen MR) is 70.2 cm³/mol. The molecule has 6 heteroatoms. The lowest BCUT2D eigenvalue weighted by Gasteiger charge is -2.18. The first kappa shape index (κ1) is 13.5. The number of aromatic nitrogens is 1. The Bertz CT molecular complexity index is 428. The lowest BCUT2D eigenvalue weighted by atomic mass is 10.3. The van der Waals surface area contributed by atoms with E-state index in [1.165, 1.54) is 0 Å². The fourth-order valence-electron chi connectivity index (χ4n) is 1.94. The van der Waals surface area contributed by atoms with Crippen LogP contribution in [-0.2, 0) is 16.1 Å². The van der Waals surface area contributed by atoms with E-state index in [9.17, 15) is 9.59 Å². The van der Waals surface area contributed by atoms with E-state index in [0.717, 1.165) is 25.2 Å². The minimum absolute atomic E-state index is 0.275. The summed E-state index contributed by atoms with van der Waals surface area (Å²) in [5.41, 5.74) is 0.737. The molecule has 0 atom stereocenters. The molecule has 1 fully saturated rings. The van der Waals surface area contributed by atoms with Crippen LogP contribution in [0.4, 0.5) is 0 Å². The fraction of sp³-hybridized carbons (Fsp3) is 0.462. The minimum atomic E-state index is -0.562. The molecule has 2 heterocycles. The van der Waals surface area contributed by atoms with Crippen molar-refractivity contribution in [2.24, 2.45) is 0 Å². The van der Waals surface area contributed by atoms with Gasteiger partial charge in [0.2, 0.25) is 0 Å². The lowest BCUT2D eigenvalue weighted by Crippen LogP contribution is -2.44. The van der Waals surface area contributed by atoms with Crippen molar-refractivity contribution in [2.75, 3.05) is 26.2 Å². The molecule has 0 saturated carbocycles. The summed E-state index contributed by atoms with van der Waals surface area (Å²) >= 11 is 0. The Labute approximate surface area is 112 Å².